The van der Waals surface area contributed by atoms with Crippen molar-refractivity contribution in [1.29, 1.82) is 0 Å². The fourth-order valence-electron chi connectivity index (χ4n) is 2.71. The van der Waals surface area contributed by atoms with Crippen LogP contribution in [0.3, 0.4) is 0 Å². The molecule has 0 spiro atoms. The summed E-state index contributed by atoms with van der Waals surface area (Å²) in [7, 11) is 1.86. The summed E-state index contributed by atoms with van der Waals surface area (Å²) in [6.45, 7) is 8.98. The van der Waals surface area contributed by atoms with Crippen molar-refractivity contribution in [2.24, 2.45) is 7.05 Å². The molecule has 1 atom stereocenters. The molecule has 0 saturated heterocycles. The second-order valence-electron chi connectivity index (χ2n) is 7.61. The van der Waals surface area contributed by atoms with Crippen molar-refractivity contribution in [1.82, 2.24) is 19.7 Å². The van der Waals surface area contributed by atoms with Crippen molar-refractivity contribution in [2.75, 3.05) is 17.2 Å². The van der Waals surface area contributed by atoms with E-state index < -0.39 is 0 Å². The first-order valence-corrected chi connectivity index (χ1v) is 8.70. The van der Waals surface area contributed by atoms with Gasteiger partial charge in [-0.15, -0.1) is 0 Å². The Balaban J connectivity index is 1.83. The minimum atomic E-state index is -0.225. The first-order valence-electron chi connectivity index (χ1n) is 8.70. The van der Waals surface area contributed by atoms with E-state index in [1.807, 2.05) is 7.05 Å². The lowest BCUT2D eigenvalue weighted by Gasteiger charge is -2.22. The molecule has 0 saturated carbocycles. The number of aryl methyl sites for hydroxylation is 1. The van der Waals surface area contributed by atoms with Crippen LogP contribution in [-0.4, -0.2) is 31.8 Å². The number of anilines is 2. The molecule has 0 bridgehead atoms. The molecular weight excluding hydrogens is 331 g/mol. The summed E-state index contributed by atoms with van der Waals surface area (Å²) in [5, 5.41) is 11.9. The van der Waals surface area contributed by atoms with Gasteiger partial charge in [0.2, 0.25) is 5.95 Å². The molecule has 0 aliphatic heterocycles. The normalized spacial score (nSPS) is 13.0. The van der Waals surface area contributed by atoms with Gasteiger partial charge in [-0.2, -0.15) is 15.1 Å². The standard InChI is InChI=1S/C19H25FN6/c1-12(13-6-8-14(20)9-7-13)10-21-18-23-16(25-19(2,3)4)15-11-22-26(5)17(15)24-18/h6-9,11-12H,10H2,1-5H3,(H2,21,23,24,25). The van der Waals surface area contributed by atoms with Gasteiger partial charge in [0.1, 0.15) is 11.6 Å². The Bertz CT molecular complexity index is 895. The summed E-state index contributed by atoms with van der Waals surface area (Å²) in [6.07, 6.45) is 1.77. The topological polar surface area (TPSA) is 67.7 Å². The van der Waals surface area contributed by atoms with Gasteiger partial charge >= 0.3 is 0 Å². The first kappa shape index (κ1) is 18.1. The molecule has 0 amide bonds. The zero-order valence-corrected chi connectivity index (χ0v) is 15.8. The van der Waals surface area contributed by atoms with E-state index in [1.165, 1.54) is 12.1 Å². The van der Waals surface area contributed by atoms with E-state index in [-0.39, 0.29) is 17.3 Å². The lowest BCUT2D eigenvalue weighted by atomic mass is 10.0. The third-order valence-electron chi connectivity index (χ3n) is 4.09. The molecule has 1 unspecified atom stereocenters. The fraction of sp³-hybridized carbons (Fsp3) is 0.421. The minimum absolute atomic E-state index is 0.129. The van der Waals surface area contributed by atoms with Gasteiger partial charge in [0.25, 0.3) is 0 Å². The molecule has 7 heteroatoms. The highest BCUT2D eigenvalue weighted by Gasteiger charge is 2.17. The molecule has 1 aromatic carbocycles. The van der Waals surface area contributed by atoms with Gasteiger partial charge in [0.05, 0.1) is 11.6 Å². The Hall–Kier alpha value is -2.70. The fourth-order valence-corrected chi connectivity index (χ4v) is 2.71. The Morgan fingerprint density at radius 1 is 1.15 bits per heavy atom. The number of fused-ring (bicyclic) bond motifs is 1. The lowest BCUT2D eigenvalue weighted by molar-refractivity contribution is 0.625. The summed E-state index contributed by atoms with van der Waals surface area (Å²) in [6, 6.07) is 6.57. The van der Waals surface area contributed by atoms with Crippen molar-refractivity contribution >= 4 is 22.8 Å². The van der Waals surface area contributed by atoms with Crippen LogP contribution in [0.15, 0.2) is 30.5 Å². The van der Waals surface area contributed by atoms with E-state index in [4.69, 9.17) is 0 Å². The molecule has 3 rings (SSSR count). The molecule has 2 aromatic heterocycles. The molecule has 0 aliphatic rings. The Morgan fingerprint density at radius 2 is 1.85 bits per heavy atom. The number of rotatable bonds is 5. The van der Waals surface area contributed by atoms with Crippen LogP contribution in [0.5, 0.6) is 0 Å². The van der Waals surface area contributed by atoms with E-state index in [0.29, 0.717) is 12.5 Å². The van der Waals surface area contributed by atoms with E-state index >= 15 is 0 Å². The number of nitrogens with one attached hydrogen (secondary N) is 2. The van der Waals surface area contributed by atoms with Gasteiger partial charge in [-0.3, -0.25) is 4.68 Å². The summed E-state index contributed by atoms with van der Waals surface area (Å²) in [4.78, 5) is 9.22. The van der Waals surface area contributed by atoms with Crippen molar-refractivity contribution in [3.63, 3.8) is 0 Å². The Morgan fingerprint density at radius 3 is 2.50 bits per heavy atom. The third-order valence-corrected chi connectivity index (χ3v) is 4.09. The van der Waals surface area contributed by atoms with Gasteiger partial charge in [0.15, 0.2) is 5.65 Å². The second kappa shape index (κ2) is 6.90. The summed E-state index contributed by atoms with van der Waals surface area (Å²) in [5.74, 6) is 1.27. The molecule has 138 valence electrons. The maximum absolute atomic E-state index is 13.1. The molecule has 3 aromatic rings. The van der Waals surface area contributed by atoms with Gasteiger partial charge in [0, 0.05) is 19.1 Å². The van der Waals surface area contributed by atoms with Gasteiger partial charge in [-0.25, -0.2) is 4.39 Å². The maximum Gasteiger partial charge on any atom is 0.226 e. The molecule has 0 aliphatic carbocycles. The minimum Gasteiger partial charge on any atom is -0.365 e. The van der Waals surface area contributed by atoms with Gasteiger partial charge in [-0.1, -0.05) is 19.1 Å². The van der Waals surface area contributed by atoms with Crippen molar-refractivity contribution < 1.29 is 4.39 Å². The average Bonchev–Trinajstić information content (AvgIpc) is 2.93. The monoisotopic (exact) mass is 356 g/mol. The zero-order chi connectivity index (χ0) is 18.9. The largest absolute Gasteiger partial charge is 0.365 e. The van der Waals surface area contributed by atoms with Gasteiger partial charge < -0.3 is 10.6 Å². The summed E-state index contributed by atoms with van der Waals surface area (Å²) >= 11 is 0. The van der Waals surface area contributed by atoms with Crippen LogP contribution in [0, 0.1) is 5.82 Å². The molecule has 0 fully saturated rings. The first-order chi connectivity index (χ1) is 12.2. The predicted octanol–water partition coefficient (Wildman–Crippen LogP) is 3.93. The van der Waals surface area contributed by atoms with Crippen LogP contribution in [0.1, 0.15) is 39.2 Å². The highest BCUT2D eigenvalue weighted by molar-refractivity contribution is 5.87. The number of benzene rings is 1. The quantitative estimate of drug-likeness (QED) is 0.725. The van der Waals surface area contributed by atoms with Gasteiger partial charge in [-0.05, 0) is 44.4 Å². The number of hydrogen-bond acceptors (Lipinski definition) is 5. The van der Waals surface area contributed by atoms with E-state index in [1.54, 1.807) is 23.0 Å². The summed E-state index contributed by atoms with van der Waals surface area (Å²) in [5.41, 5.74) is 1.70. The summed E-state index contributed by atoms with van der Waals surface area (Å²) < 4.78 is 14.8. The Kier molecular flexibility index (Phi) is 4.80. The molecule has 6 nitrogen and oxygen atoms in total. The SMILES string of the molecule is CC(CNc1nc(NC(C)(C)C)c2cnn(C)c2n1)c1ccc(F)cc1. The smallest absolute Gasteiger partial charge is 0.226 e. The van der Waals surface area contributed by atoms with E-state index in [9.17, 15) is 4.39 Å². The molecule has 2 heterocycles. The maximum atomic E-state index is 13.1. The molecule has 2 N–H and O–H groups in total. The highest BCUT2D eigenvalue weighted by Crippen LogP contribution is 2.24. The van der Waals surface area contributed by atoms with Crippen LogP contribution < -0.4 is 10.6 Å². The zero-order valence-electron chi connectivity index (χ0n) is 15.8. The highest BCUT2D eigenvalue weighted by atomic mass is 19.1. The van der Waals surface area contributed by atoms with Crippen molar-refractivity contribution in [2.45, 2.75) is 39.2 Å². The van der Waals surface area contributed by atoms with E-state index in [0.717, 1.165) is 22.4 Å². The predicted molar refractivity (Wildman–Crippen MR) is 103 cm³/mol. The molecule has 0 radical (unpaired) electrons. The van der Waals surface area contributed by atoms with Crippen LogP contribution in [-0.2, 0) is 7.05 Å². The van der Waals surface area contributed by atoms with Crippen LogP contribution in [0.4, 0.5) is 16.2 Å². The van der Waals surface area contributed by atoms with Crippen LogP contribution >= 0.6 is 0 Å². The Labute approximate surface area is 152 Å². The van der Waals surface area contributed by atoms with E-state index in [2.05, 4.69) is 53.4 Å². The number of nitrogens with zero attached hydrogens (tertiary/aromatic N) is 4. The number of aromatic nitrogens is 4. The number of halogens is 1. The molecule has 26 heavy (non-hydrogen) atoms. The van der Waals surface area contributed by atoms with Crippen molar-refractivity contribution in [3.8, 4) is 0 Å². The average molecular weight is 356 g/mol. The number of hydrogen-bond donors (Lipinski definition) is 2. The third kappa shape index (κ3) is 4.09. The lowest BCUT2D eigenvalue weighted by Crippen LogP contribution is -2.27. The van der Waals surface area contributed by atoms with Crippen LogP contribution in [0.25, 0.3) is 11.0 Å². The van der Waals surface area contributed by atoms with Crippen LogP contribution in [0.2, 0.25) is 0 Å². The van der Waals surface area contributed by atoms with Crippen molar-refractivity contribution in [3.05, 3.63) is 41.8 Å². The second-order valence-corrected chi connectivity index (χ2v) is 7.61. The molecular formula is C19H25FN6.